The summed E-state index contributed by atoms with van der Waals surface area (Å²) in [6.07, 6.45) is 4.63. The van der Waals surface area contributed by atoms with Crippen molar-refractivity contribution in [3.63, 3.8) is 0 Å². The second kappa shape index (κ2) is 10.9. The van der Waals surface area contributed by atoms with Crippen LogP contribution in [-0.2, 0) is 16.0 Å². The SMILES string of the molecule is CCOC(=O)c1cnn2cc(Br)c(NCc3cc(F)cnc3O[C@H]3C[C@@H](NC(=O)OC(C)(C)C)C3)nc12. The Labute approximate surface area is 221 Å². The van der Waals surface area contributed by atoms with Crippen LogP contribution < -0.4 is 15.4 Å². The average molecular weight is 579 g/mol. The standard InChI is InChI=1S/C24H28BrFN6O5/c1-5-35-22(33)17-11-29-32-12-18(25)19(31-20(17)32)27-9-13-6-14(26)10-28-21(13)36-16-7-15(8-16)30-23(34)37-24(2,3)4/h6,10-12,15-16H,5,7-9H2,1-4H3,(H,27,31)(H,30,34)/t15-,16+. The van der Waals surface area contributed by atoms with Gasteiger partial charge in [-0.2, -0.15) is 5.10 Å². The van der Waals surface area contributed by atoms with Crippen molar-refractivity contribution in [1.29, 1.82) is 0 Å². The van der Waals surface area contributed by atoms with Crippen molar-refractivity contribution >= 4 is 39.5 Å². The fourth-order valence-corrected chi connectivity index (χ4v) is 4.08. The number of hydrogen-bond acceptors (Lipinski definition) is 9. The number of aromatic nitrogens is 4. The first kappa shape index (κ1) is 26.6. The first-order valence-corrected chi connectivity index (χ1v) is 12.6. The number of fused-ring (bicyclic) bond motifs is 1. The Morgan fingerprint density at radius 1 is 1.27 bits per heavy atom. The third-order valence-corrected chi connectivity index (χ3v) is 5.96. The van der Waals surface area contributed by atoms with Crippen LogP contribution in [0.4, 0.5) is 15.0 Å². The zero-order chi connectivity index (χ0) is 26.7. The Hall–Kier alpha value is -3.48. The van der Waals surface area contributed by atoms with Gasteiger partial charge in [-0.05, 0) is 49.7 Å². The van der Waals surface area contributed by atoms with Gasteiger partial charge in [-0.25, -0.2) is 28.5 Å². The van der Waals surface area contributed by atoms with Gasteiger partial charge < -0.3 is 24.8 Å². The average Bonchev–Trinajstić information content (AvgIpc) is 3.18. The lowest BCUT2D eigenvalue weighted by atomic mass is 9.89. The number of ether oxygens (including phenoxy) is 3. The number of carbonyl (C=O) groups is 2. The summed E-state index contributed by atoms with van der Waals surface area (Å²) in [4.78, 5) is 32.8. The summed E-state index contributed by atoms with van der Waals surface area (Å²) in [5.74, 6) is -0.337. The van der Waals surface area contributed by atoms with Gasteiger partial charge in [0.1, 0.15) is 28.9 Å². The van der Waals surface area contributed by atoms with Crippen LogP contribution >= 0.6 is 15.9 Å². The molecule has 3 aromatic heterocycles. The molecule has 0 atom stereocenters. The van der Waals surface area contributed by atoms with E-state index < -0.39 is 23.5 Å². The van der Waals surface area contributed by atoms with E-state index in [2.05, 4.69) is 41.6 Å². The van der Waals surface area contributed by atoms with Gasteiger partial charge in [-0.1, -0.05) is 0 Å². The van der Waals surface area contributed by atoms with Crippen molar-refractivity contribution in [3.8, 4) is 5.88 Å². The Bertz CT molecular complexity index is 1300. The number of amides is 1. The molecule has 0 radical (unpaired) electrons. The minimum atomic E-state index is -0.573. The van der Waals surface area contributed by atoms with Gasteiger partial charge in [0.15, 0.2) is 5.65 Å². The summed E-state index contributed by atoms with van der Waals surface area (Å²) in [6.45, 7) is 7.50. The van der Waals surface area contributed by atoms with Crippen LogP contribution in [-0.4, -0.2) is 56.0 Å². The highest BCUT2D eigenvalue weighted by molar-refractivity contribution is 9.10. The molecular weight excluding hydrogens is 551 g/mol. The monoisotopic (exact) mass is 578 g/mol. The van der Waals surface area contributed by atoms with Gasteiger partial charge in [-0.3, -0.25) is 0 Å². The van der Waals surface area contributed by atoms with Gasteiger partial charge in [0.25, 0.3) is 0 Å². The molecule has 4 rings (SSSR count). The van der Waals surface area contributed by atoms with Crippen LogP contribution in [0, 0.1) is 5.82 Å². The molecule has 3 aromatic rings. The van der Waals surface area contributed by atoms with Crippen LogP contribution in [0.3, 0.4) is 0 Å². The molecule has 0 aromatic carbocycles. The zero-order valence-electron chi connectivity index (χ0n) is 20.9. The van der Waals surface area contributed by atoms with E-state index in [0.717, 1.165) is 6.20 Å². The van der Waals surface area contributed by atoms with E-state index in [0.29, 0.717) is 34.3 Å². The third kappa shape index (κ3) is 6.64. The predicted octanol–water partition coefficient (Wildman–Crippen LogP) is 4.25. The lowest BCUT2D eigenvalue weighted by Crippen LogP contribution is -2.50. The number of nitrogens with one attached hydrogen (secondary N) is 2. The molecule has 37 heavy (non-hydrogen) atoms. The molecule has 0 bridgehead atoms. The summed E-state index contributed by atoms with van der Waals surface area (Å²) >= 11 is 3.44. The van der Waals surface area contributed by atoms with E-state index in [4.69, 9.17) is 14.2 Å². The Balaban J connectivity index is 1.41. The van der Waals surface area contributed by atoms with E-state index in [1.165, 1.54) is 16.8 Å². The second-order valence-corrected chi connectivity index (χ2v) is 10.4. The molecule has 1 fully saturated rings. The van der Waals surface area contributed by atoms with Crippen LogP contribution in [0.2, 0.25) is 0 Å². The molecule has 2 N–H and O–H groups in total. The summed E-state index contributed by atoms with van der Waals surface area (Å²) < 4.78 is 32.4. The van der Waals surface area contributed by atoms with E-state index >= 15 is 0 Å². The maximum atomic E-state index is 14.0. The molecule has 1 aliphatic rings. The molecule has 198 valence electrons. The number of hydrogen-bond donors (Lipinski definition) is 2. The smallest absolute Gasteiger partial charge is 0.407 e. The molecule has 1 aliphatic carbocycles. The predicted molar refractivity (Wildman–Crippen MR) is 135 cm³/mol. The second-order valence-electron chi connectivity index (χ2n) is 9.51. The fourth-order valence-electron chi connectivity index (χ4n) is 3.66. The summed E-state index contributed by atoms with van der Waals surface area (Å²) in [5, 5.41) is 10.1. The van der Waals surface area contributed by atoms with Gasteiger partial charge in [-0.15, -0.1) is 0 Å². The number of carbonyl (C=O) groups excluding carboxylic acids is 2. The zero-order valence-corrected chi connectivity index (χ0v) is 22.5. The number of rotatable bonds is 8. The minimum absolute atomic E-state index is 0.0713. The summed E-state index contributed by atoms with van der Waals surface area (Å²) in [6, 6.07) is 1.26. The van der Waals surface area contributed by atoms with Crippen LogP contribution in [0.5, 0.6) is 5.88 Å². The maximum absolute atomic E-state index is 14.0. The third-order valence-electron chi connectivity index (χ3n) is 5.38. The number of anilines is 1. The van der Waals surface area contributed by atoms with E-state index in [1.54, 1.807) is 33.9 Å². The fraction of sp³-hybridized carbons (Fsp3) is 0.458. The number of alkyl carbamates (subject to hydrolysis) is 1. The van der Waals surface area contributed by atoms with Crippen molar-refractivity contribution in [2.75, 3.05) is 11.9 Å². The number of esters is 1. The van der Waals surface area contributed by atoms with Crippen molar-refractivity contribution in [1.82, 2.24) is 24.9 Å². The number of nitrogens with zero attached hydrogens (tertiary/aromatic N) is 4. The highest BCUT2D eigenvalue weighted by atomic mass is 79.9. The molecule has 1 amide bonds. The topological polar surface area (TPSA) is 129 Å². The van der Waals surface area contributed by atoms with Gasteiger partial charge in [0.2, 0.25) is 5.88 Å². The Kier molecular flexibility index (Phi) is 7.81. The molecule has 11 nitrogen and oxygen atoms in total. The van der Waals surface area contributed by atoms with Crippen LogP contribution in [0.15, 0.2) is 29.1 Å². The van der Waals surface area contributed by atoms with Crippen molar-refractivity contribution < 1.29 is 28.2 Å². The van der Waals surface area contributed by atoms with Crippen molar-refractivity contribution in [3.05, 3.63) is 46.1 Å². The van der Waals surface area contributed by atoms with Crippen molar-refractivity contribution in [2.45, 2.75) is 64.8 Å². The van der Waals surface area contributed by atoms with Gasteiger partial charge in [0.05, 0.1) is 23.5 Å². The first-order valence-electron chi connectivity index (χ1n) is 11.8. The van der Waals surface area contributed by atoms with Gasteiger partial charge >= 0.3 is 12.1 Å². The van der Waals surface area contributed by atoms with Crippen LogP contribution in [0.25, 0.3) is 5.65 Å². The summed E-state index contributed by atoms with van der Waals surface area (Å²) in [7, 11) is 0. The molecule has 13 heteroatoms. The highest BCUT2D eigenvalue weighted by Gasteiger charge is 2.34. The minimum Gasteiger partial charge on any atom is -0.474 e. The summed E-state index contributed by atoms with van der Waals surface area (Å²) in [5.41, 5.74) is 0.455. The Morgan fingerprint density at radius 3 is 2.73 bits per heavy atom. The van der Waals surface area contributed by atoms with E-state index in [-0.39, 0.29) is 36.7 Å². The quantitative estimate of drug-likeness (QED) is 0.377. The normalized spacial score (nSPS) is 17.1. The highest BCUT2D eigenvalue weighted by Crippen LogP contribution is 2.29. The molecule has 0 spiro atoms. The van der Waals surface area contributed by atoms with Crippen LogP contribution in [0.1, 0.15) is 56.5 Å². The molecular formula is C24H28BrFN6O5. The van der Waals surface area contributed by atoms with Crippen molar-refractivity contribution in [2.24, 2.45) is 0 Å². The molecule has 0 saturated heterocycles. The molecule has 0 unspecified atom stereocenters. The van der Waals surface area contributed by atoms with E-state index in [9.17, 15) is 14.0 Å². The molecule has 3 heterocycles. The lowest BCUT2D eigenvalue weighted by molar-refractivity contribution is 0.0351. The Morgan fingerprint density at radius 2 is 2.03 bits per heavy atom. The number of pyridine rings is 1. The number of halogens is 2. The van der Waals surface area contributed by atoms with Gasteiger partial charge in [0, 0.05) is 37.2 Å². The largest absolute Gasteiger partial charge is 0.474 e. The van der Waals surface area contributed by atoms with E-state index in [1.807, 2.05) is 0 Å². The lowest BCUT2D eigenvalue weighted by Gasteiger charge is -2.36. The maximum Gasteiger partial charge on any atom is 0.407 e. The molecule has 0 aliphatic heterocycles. The first-order chi connectivity index (χ1) is 17.5. The molecule has 1 saturated carbocycles.